The standard InChI is InChI=1S/C17H15N3OS/c1-11-3-4-14(9-12(11)2)19-17-20-16(21)15(22-17)10-13-5-7-18-8-6-13/h3-10H,1-2H3,(H,19,20,21)/b15-10+. The molecule has 1 fully saturated rings. The molecule has 5 heteroatoms. The molecule has 22 heavy (non-hydrogen) atoms. The first kappa shape index (κ1) is 14.5. The van der Waals surface area contributed by atoms with Gasteiger partial charge in [-0.3, -0.25) is 9.78 Å². The van der Waals surface area contributed by atoms with Gasteiger partial charge in [-0.15, -0.1) is 0 Å². The topological polar surface area (TPSA) is 54.4 Å². The lowest BCUT2D eigenvalue weighted by Gasteiger charge is -2.01. The summed E-state index contributed by atoms with van der Waals surface area (Å²) in [4.78, 5) is 21.1. The molecule has 0 atom stereocenters. The van der Waals surface area contributed by atoms with E-state index >= 15 is 0 Å². The largest absolute Gasteiger partial charge is 0.300 e. The van der Waals surface area contributed by atoms with Crippen LogP contribution >= 0.6 is 11.8 Å². The average Bonchev–Trinajstić information content (AvgIpc) is 2.84. The quantitative estimate of drug-likeness (QED) is 0.863. The van der Waals surface area contributed by atoms with Gasteiger partial charge in [-0.2, -0.15) is 0 Å². The second-order valence-electron chi connectivity index (χ2n) is 5.03. The van der Waals surface area contributed by atoms with Crippen LogP contribution in [-0.4, -0.2) is 16.1 Å². The molecule has 2 heterocycles. The summed E-state index contributed by atoms with van der Waals surface area (Å²) in [5, 5.41) is 3.40. The van der Waals surface area contributed by atoms with Crippen molar-refractivity contribution in [2.24, 2.45) is 4.99 Å². The highest BCUT2D eigenvalue weighted by Crippen LogP contribution is 2.28. The Labute approximate surface area is 133 Å². The summed E-state index contributed by atoms with van der Waals surface area (Å²) in [6.07, 6.45) is 5.24. The van der Waals surface area contributed by atoms with Gasteiger partial charge in [-0.25, -0.2) is 4.99 Å². The summed E-state index contributed by atoms with van der Waals surface area (Å²) in [5.74, 6) is -0.121. The van der Waals surface area contributed by atoms with Gasteiger partial charge in [-0.05, 0) is 72.6 Å². The molecule has 1 aromatic heterocycles. The van der Waals surface area contributed by atoms with E-state index in [1.54, 1.807) is 12.4 Å². The van der Waals surface area contributed by atoms with Crippen molar-refractivity contribution < 1.29 is 4.79 Å². The van der Waals surface area contributed by atoms with Crippen LogP contribution in [0.1, 0.15) is 16.7 Å². The lowest BCUT2D eigenvalue weighted by atomic mass is 10.1. The molecule has 0 radical (unpaired) electrons. The Morgan fingerprint density at radius 1 is 1.14 bits per heavy atom. The van der Waals surface area contributed by atoms with Crippen LogP contribution < -0.4 is 5.32 Å². The summed E-state index contributed by atoms with van der Waals surface area (Å²) < 4.78 is 0. The monoisotopic (exact) mass is 309 g/mol. The van der Waals surface area contributed by atoms with Gasteiger partial charge in [0.15, 0.2) is 5.17 Å². The molecule has 0 unspecified atom stereocenters. The van der Waals surface area contributed by atoms with Crippen LogP contribution in [0.3, 0.4) is 0 Å². The number of nitrogens with one attached hydrogen (secondary N) is 1. The molecular formula is C17H15N3OS. The SMILES string of the molecule is Cc1ccc(N=C2NC(=O)/C(=C\c3ccncc3)S2)cc1C. The van der Waals surface area contributed by atoms with Crippen LogP contribution in [0.4, 0.5) is 5.69 Å². The number of aryl methyl sites for hydroxylation is 2. The minimum Gasteiger partial charge on any atom is -0.300 e. The molecule has 0 bridgehead atoms. The minimum atomic E-state index is -0.121. The van der Waals surface area contributed by atoms with Gasteiger partial charge < -0.3 is 5.32 Å². The van der Waals surface area contributed by atoms with E-state index in [1.165, 1.54) is 22.9 Å². The second-order valence-corrected chi connectivity index (χ2v) is 6.06. The average molecular weight is 309 g/mol. The number of aromatic nitrogens is 1. The molecule has 1 aromatic carbocycles. The summed E-state index contributed by atoms with van der Waals surface area (Å²) in [6.45, 7) is 4.11. The molecule has 1 amide bonds. The van der Waals surface area contributed by atoms with Crippen molar-refractivity contribution in [2.75, 3.05) is 0 Å². The number of pyridine rings is 1. The zero-order valence-corrected chi connectivity index (χ0v) is 13.1. The smallest absolute Gasteiger partial charge is 0.264 e. The molecule has 0 aliphatic carbocycles. The van der Waals surface area contributed by atoms with Gasteiger partial charge in [0, 0.05) is 12.4 Å². The van der Waals surface area contributed by atoms with E-state index in [1.807, 2.05) is 43.3 Å². The highest BCUT2D eigenvalue weighted by atomic mass is 32.2. The Bertz CT molecular complexity index is 782. The maximum atomic E-state index is 12.0. The number of hydrogen-bond acceptors (Lipinski definition) is 4. The van der Waals surface area contributed by atoms with Crippen LogP contribution in [0, 0.1) is 13.8 Å². The normalized spacial score (nSPS) is 18.0. The van der Waals surface area contributed by atoms with Gasteiger partial charge >= 0.3 is 0 Å². The molecule has 1 saturated heterocycles. The first-order valence-electron chi connectivity index (χ1n) is 6.89. The molecule has 3 rings (SSSR count). The molecule has 1 aliphatic heterocycles. The molecule has 1 N–H and O–H groups in total. The number of nitrogens with zero attached hydrogens (tertiary/aromatic N) is 2. The van der Waals surface area contributed by atoms with Crippen LogP contribution in [0.25, 0.3) is 6.08 Å². The number of benzene rings is 1. The van der Waals surface area contributed by atoms with Crippen molar-refractivity contribution in [1.82, 2.24) is 10.3 Å². The fourth-order valence-electron chi connectivity index (χ4n) is 2.00. The van der Waals surface area contributed by atoms with Crippen molar-refractivity contribution in [3.8, 4) is 0 Å². The van der Waals surface area contributed by atoms with E-state index in [2.05, 4.69) is 22.2 Å². The predicted molar refractivity (Wildman–Crippen MR) is 91.0 cm³/mol. The maximum absolute atomic E-state index is 12.0. The maximum Gasteiger partial charge on any atom is 0.264 e. The number of amides is 1. The van der Waals surface area contributed by atoms with Crippen molar-refractivity contribution >= 4 is 34.6 Å². The van der Waals surface area contributed by atoms with E-state index in [0.29, 0.717) is 10.1 Å². The van der Waals surface area contributed by atoms with Crippen molar-refractivity contribution in [2.45, 2.75) is 13.8 Å². The Balaban J connectivity index is 1.83. The molecule has 1 aliphatic rings. The van der Waals surface area contributed by atoms with Crippen LogP contribution in [-0.2, 0) is 4.79 Å². The van der Waals surface area contributed by atoms with Gasteiger partial charge in [0.05, 0.1) is 10.6 Å². The summed E-state index contributed by atoms with van der Waals surface area (Å²) in [7, 11) is 0. The Morgan fingerprint density at radius 3 is 2.64 bits per heavy atom. The molecular weight excluding hydrogens is 294 g/mol. The van der Waals surface area contributed by atoms with E-state index in [-0.39, 0.29) is 5.91 Å². The Hall–Kier alpha value is -2.40. The number of hydrogen-bond donors (Lipinski definition) is 1. The molecule has 110 valence electrons. The van der Waals surface area contributed by atoms with Crippen LogP contribution in [0.2, 0.25) is 0 Å². The third-order valence-electron chi connectivity index (χ3n) is 3.38. The third kappa shape index (κ3) is 3.26. The third-order valence-corrected chi connectivity index (χ3v) is 4.29. The van der Waals surface area contributed by atoms with Gasteiger partial charge in [0.2, 0.25) is 0 Å². The van der Waals surface area contributed by atoms with Gasteiger partial charge in [0.25, 0.3) is 5.91 Å². The molecule has 4 nitrogen and oxygen atoms in total. The number of carbonyl (C=O) groups is 1. The van der Waals surface area contributed by atoms with E-state index in [0.717, 1.165) is 11.3 Å². The van der Waals surface area contributed by atoms with E-state index < -0.39 is 0 Å². The molecule has 2 aromatic rings. The lowest BCUT2D eigenvalue weighted by molar-refractivity contribution is -0.115. The van der Waals surface area contributed by atoms with E-state index in [9.17, 15) is 4.79 Å². The first-order chi connectivity index (χ1) is 10.6. The zero-order chi connectivity index (χ0) is 15.5. The van der Waals surface area contributed by atoms with Gasteiger partial charge in [0.1, 0.15) is 0 Å². The number of carbonyl (C=O) groups excluding carboxylic acids is 1. The van der Waals surface area contributed by atoms with Crippen LogP contribution in [0.5, 0.6) is 0 Å². The minimum absolute atomic E-state index is 0.121. The van der Waals surface area contributed by atoms with Crippen LogP contribution in [0.15, 0.2) is 52.6 Å². The second kappa shape index (κ2) is 6.15. The van der Waals surface area contributed by atoms with Crippen molar-refractivity contribution in [3.05, 3.63) is 64.3 Å². The molecule has 0 saturated carbocycles. The predicted octanol–water partition coefficient (Wildman–Crippen LogP) is 3.59. The van der Waals surface area contributed by atoms with E-state index in [4.69, 9.17) is 0 Å². The molecule has 0 spiro atoms. The first-order valence-corrected chi connectivity index (χ1v) is 7.70. The number of amidine groups is 1. The van der Waals surface area contributed by atoms with Gasteiger partial charge in [-0.1, -0.05) is 6.07 Å². The summed E-state index contributed by atoms with van der Waals surface area (Å²) in [6, 6.07) is 9.72. The Morgan fingerprint density at radius 2 is 1.91 bits per heavy atom. The van der Waals surface area contributed by atoms with Crippen molar-refractivity contribution in [3.63, 3.8) is 0 Å². The summed E-state index contributed by atoms with van der Waals surface area (Å²) >= 11 is 1.35. The number of thioether (sulfide) groups is 1. The fraction of sp³-hybridized carbons (Fsp3) is 0.118. The highest BCUT2D eigenvalue weighted by Gasteiger charge is 2.23. The fourth-order valence-corrected chi connectivity index (χ4v) is 2.85. The van der Waals surface area contributed by atoms with Crippen molar-refractivity contribution in [1.29, 1.82) is 0 Å². The summed E-state index contributed by atoms with van der Waals surface area (Å²) in [5.41, 5.74) is 4.20. The zero-order valence-electron chi connectivity index (χ0n) is 12.3. The highest BCUT2D eigenvalue weighted by molar-refractivity contribution is 8.18. The number of rotatable bonds is 2. The lowest BCUT2D eigenvalue weighted by Crippen LogP contribution is -2.19. The Kier molecular flexibility index (Phi) is 4.06. The number of aliphatic imine (C=N–C) groups is 1.